The summed E-state index contributed by atoms with van der Waals surface area (Å²) in [6.45, 7) is 3.16. The number of fused-ring (bicyclic) bond motifs is 1. The first-order valence-electron chi connectivity index (χ1n) is 6.32. The van der Waals surface area contributed by atoms with Crippen LogP contribution in [0.15, 0.2) is 30.5 Å². The van der Waals surface area contributed by atoms with Crippen LogP contribution < -0.4 is 11.1 Å². The van der Waals surface area contributed by atoms with Crippen LogP contribution >= 0.6 is 0 Å². The molecule has 1 heterocycles. The van der Waals surface area contributed by atoms with Crippen molar-refractivity contribution in [3.05, 3.63) is 30.5 Å². The molecule has 3 N–H and O–H groups in total. The summed E-state index contributed by atoms with van der Waals surface area (Å²) in [7, 11) is 0. The van der Waals surface area contributed by atoms with E-state index in [1.165, 1.54) is 0 Å². The first-order chi connectivity index (χ1) is 8.72. The normalized spacial score (nSPS) is 10.7. The Morgan fingerprint density at radius 2 is 2.22 bits per heavy atom. The van der Waals surface area contributed by atoms with Gasteiger partial charge in [0.05, 0.1) is 11.2 Å². The Labute approximate surface area is 107 Å². The van der Waals surface area contributed by atoms with Gasteiger partial charge in [-0.25, -0.2) is 0 Å². The molecule has 0 aliphatic rings. The number of nitrogens with zero attached hydrogens (tertiary/aromatic N) is 1. The van der Waals surface area contributed by atoms with Crippen molar-refractivity contribution in [2.45, 2.75) is 26.3 Å². The third-order valence-electron chi connectivity index (χ3n) is 2.99. The van der Waals surface area contributed by atoms with Gasteiger partial charge in [-0.05, 0) is 18.6 Å². The lowest BCUT2D eigenvalue weighted by Gasteiger charge is -2.08. The summed E-state index contributed by atoms with van der Waals surface area (Å²) in [5, 5.41) is 3.97. The highest BCUT2D eigenvalue weighted by Gasteiger charge is 2.07. The van der Waals surface area contributed by atoms with E-state index in [4.69, 9.17) is 5.73 Å². The first kappa shape index (κ1) is 12.5. The fourth-order valence-corrected chi connectivity index (χ4v) is 2.04. The summed E-state index contributed by atoms with van der Waals surface area (Å²) >= 11 is 0. The summed E-state index contributed by atoms with van der Waals surface area (Å²) in [6.07, 6.45) is 4.00. The van der Waals surface area contributed by atoms with Gasteiger partial charge in [-0.15, -0.1) is 0 Å². The Hall–Kier alpha value is -1.97. The Balaban J connectivity index is 2.10. The second-order valence-electron chi connectivity index (χ2n) is 4.43. The maximum atomic E-state index is 11.8. The molecule has 1 aromatic carbocycles. The lowest BCUT2D eigenvalue weighted by molar-refractivity contribution is -0.121. The number of aromatic nitrogens is 1. The molecule has 4 heteroatoms. The average Bonchev–Trinajstić information content (AvgIpc) is 2.74. The summed E-state index contributed by atoms with van der Waals surface area (Å²) in [5.41, 5.74) is 7.59. The molecule has 0 aliphatic carbocycles. The van der Waals surface area contributed by atoms with E-state index in [1.807, 2.05) is 35.0 Å². The second kappa shape index (κ2) is 5.58. The van der Waals surface area contributed by atoms with E-state index >= 15 is 0 Å². The largest absolute Gasteiger partial charge is 0.397 e. The van der Waals surface area contributed by atoms with Crippen LogP contribution in [-0.4, -0.2) is 17.0 Å². The van der Waals surface area contributed by atoms with Crippen molar-refractivity contribution in [2.75, 3.05) is 12.3 Å². The monoisotopic (exact) mass is 245 g/mol. The fraction of sp³-hybridized carbons (Fsp3) is 0.357. The maximum absolute atomic E-state index is 11.8. The molecule has 0 aliphatic heterocycles. The van der Waals surface area contributed by atoms with Gasteiger partial charge in [-0.1, -0.05) is 25.5 Å². The van der Waals surface area contributed by atoms with E-state index in [-0.39, 0.29) is 5.91 Å². The molecule has 0 bridgehead atoms. The molecule has 18 heavy (non-hydrogen) atoms. The van der Waals surface area contributed by atoms with Gasteiger partial charge in [-0.2, -0.15) is 0 Å². The summed E-state index contributed by atoms with van der Waals surface area (Å²) < 4.78 is 1.89. The van der Waals surface area contributed by atoms with Crippen molar-refractivity contribution in [1.82, 2.24) is 9.88 Å². The van der Waals surface area contributed by atoms with Crippen molar-refractivity contribution in [2.24, 2.45) is 0 Å². The number of amides is 1. The van der Waals surface area contributed by atoms with Gasteiger partial charge in [-0.3, -0.25) is 4.79 Å². The van der Waals surface area contributed by atoms with E-state index in [1.54, 1.807) is 0 Å². The third kappa shape index (κ3) is 2.64. The van der Waals surface area contributed by atoms with Gasteiger partial charge in [0.2, 0.25) is 5.91 Å². The Kier molecular flexibility index (Phi) is 3.87. The number of anilines is 1. The van der Waals surface area contributed by atoms with Crippen molar-refractivity contribution >= 4 is 22.5 Å². The first-order valence-corrected chi connectivity index (χ1v) is 6.32. The van der Waals surface area contributed by atoms with Gasteiger partial charge in [0.1, 0.15) is 6.54 Å². The summed E-state index contributed by atoms with van der Waals surface area (Å²) in [5.74, 6) is 0.0317. The van der Waals surface area contributed by atoms with Gasteiger partial charge in [0.25, 0.3) is 0 Å². The Morgan fingerprint density at radius 1 is 1.39 bits per heavy atom. The van der Waals surface area contributed by atoms with Crippen molar-refractivity contribution in [1.29, 1.82) is 0 Å². The number of nitrogen functional groups attached to an aromatic ring is 1. The maximum Gasteiger partial charge on any atom is 0.239 e. The molecule has 1 amide bonds. The molecule has 2 aromatic rings. The molecule has 0 radical (unpaired) electrons. The number of nitrogens with one attached hydrogen (secondary N) is 1. The standard InChI is InChI=1S/C14H19N3O/c1-2-3-8-16-13(18)10-17-9-7-11-5-4-6-12(15)14(11)17/h4-7,9H,2-3,8,10,15H2,1H3,(H,16,18). The van der Waals surface area contributed by atoms with Gasteiger partial charge < -0.3 is 15.6 Å². The molecule has 4 nitrogen and oxygen atoms in total. The zero-order valence-corrected chi connectivity index (χ0v) is 10.6. The smallest absolute Gasteiger partial charge is 0.239 e. The Bertz CT molecular complexity index is 545. The van der Waals surface area contributed by atoms with Gasteiger partial charge in [0.15, 0.2) is 0 Å². The van der Waals surface area contributed by atoms with Crippen molar-refractivity contribution in [3.8, 4) is 0 Å². The number of para-hydroxylation sites is 1. The van der Waals surface area contributed by atoms with E-state index < -0.39 is 0 Å². The topological polar surface area (TPSA) is 60.0 Å². The summed E-state index contributed by atoms with van der Waals surface area (Å²) in [6, 6.07) is 7.75. The van der Waals surface area contributed by atoms with Gasteiger partial charge >= 0.3 is 0 Å². The number of rotatable bonds is 5. The molecular formula is C14H19N3O. The molecule has 0 saturated carbocycles. The van der Waals surface area contributed by atoms with Crippen LogP contribution in [0.1, 0.15) is 19.8 Å². The number of unbranched alkanes of at least 4 members (excludes halogenated alkanes) is 1. The zero-order chi connectivity index (χ0) is 13.0. The highest BCUT2D eigenvalue weighted by Crippen LogP contribution is 2.21. The van der Waals surface area contributed by atoms with Crippen LogP contribution in [0, 0.1) is 0 Å². The van der Waals surface area contributed by atoms with Crippen LogP contribution in [0.25, 0.3) is 10.9 Å². The van der Waals surface area contributed by atoms with Crippen LogP contribution in [0.3, 0.4) is 0 Å². The molecular weight excluding hydrogens is 226 g/mol. The molecule has 0 spiro atoms. The molecule has 0 unspecified atom stereocenters. The highest BCUT2D eigenvalue weighted by molar-refractivity contribution is 5.91. The molecule has 0 fully saturated rings. The minimum absolute atomic E-state index is 0.0317. The number of benzene rings is 1. The highest BCUT2D eigenvalue weighted by atomic mass is 16.1. The van der Waals surface area contributed by atoms with Crippen LogP contribution in [-0.2, 0) is 11.3 Å². The third-order valence-corrected chi connectivity index (χ3v) is 2.99. The van der Waals surface area contributed by atoms with E-state index in [0.29, 0.717) is 12.2 Å². The van der Waals surface area contributed by atoms with Crippen molar-refractivity contribution in [3.63, 3.8) is 0 Å². The number of carbonyl (C=O) groups is 1. The number of nitrogens with two attached hydrogens (primary N) is 1. The second-order valence-corrected chi connectivity index (χ2v) is 4.43. The minimum atomic E-state index is 0.0317. The molecule has 96 valence electrons. The van der Waals surface area contributed by atoms with Crippen LogP contribution in [0.2, 0.25) is 0 Å². The van der Waals surface area contributed by atoms with E-state index in [0.717, 1.165) is 30.3 Å². The average molecular weight is 245 g/mol. The minimum Gasteiger partial charge on any atom is -0.397 e. The van der Waals surface area contributed by atoms with E-state index in [2.05, 4.69) is 12.2 Å². The SMILES string of the molecule is CCCCNC(=O)Cn1ccc2cccc(N)c21. The lowest BCUT2D eigenvalue weighted by atomic mass is 10.2. The molecule has 0 atom stereocenters. The number of carbonyl (C=O) groups excluding carboxylic acids is 1. The summed E-state index contributed by atoms with van der Waals surface area (Å²) in [4.78, 5) is 11.8. The quantitative estimate of drug-likeness (QED) is 0.626. The van der Waals surface area contributed by atoms with Gasteiger partial charge in [0, 0.05) is 18.1 Å². The molecule has 0 saturated heterocycles. The zero-order valence-electron chi connectivity index (χ0n) is 10.6. The van der Waals surface area contributed by atoms with E-state index in [9.17, 15) is 4.79 Å². The van der Waals surface area contributed by atoms with Crippen molar-refractivity contribution < 1.29 is 4.79 Å². The predicted molar refractivity (Wildman–Crippen MR) is 74.3 cm³/mol. The lowest BCUT2D eigenvalue weighted by Crippen LogP contribution is -2.28. The Morgan fingerprint density at radius 3 is 3.00 bits per heavy atom. The van der Waals surface area contributed by atoms with Crippen LogP contribution in [0.4, 0.5) is 5.69 Å². The molecule has 2 rings (SSSR count). The predicted octanol–water partition coefficient (Wildman–Crippen LogP) is 2.14. The fourth-order valence-electron chi connectivity index (χ4n) is 2.04. The number of hydrogen-bond acceptors (Lipinski definition) is 2. The van der Waals surface area contributed by atoms with Crippen LogP contribution in [0.5, 0.6) is 0 Å². The number of hydrogen-bond donors (Lipinski definition) is 2. The molecule has 1 aromatic heterocycles.